The molecule has 1 atom stereocenters. The van der Waals surface area contributed by atoms with E-state index in [1.165, 1.54) is 34.5 Å². The van der Waals surface area contributed by atoms with Crippen LogP contribution < -0.4 is 10.1 Å². The van der Waals surface area contributed by atoms with Gasteiger partial charge < -0.3 is 10.1 Å². The molecule has 0 radical (unpaired) electrons. The van der Waals surface area contributed by atoms with E-state index in [1.807, 2.05) is 37.3 Å². The average molecular weight is 543 g/mol. The van der Waals surface area contributed by atoms with Gasteiger partial charge in [0, 0.05) is 17.0 Å². The van der Waals surface area contributed by atoms with E-state index in [0.717, 1.165) is 22.6 Å². The summed E-state index contributed by atoms with van der Waals surface area (Å²) in [6.45, 7) is 10.2. The smallest absolute Gasteiger partial charge is 0.227 e. The van der Waals surface area contributed by atoms with E-state index in [4.69, 9.17) is 9.84 Å². The summed E-state index contributed by atoms with van der Waals surface area (Å²) in [5.74, 6) is 1.40. The summed E-state index contributed by atoms with van der Waals surface area (Å²) in [7, 11) is 0. The van der Waals surface area contributed by atoms with Crippen LogP contribution in [0.4, 0.5) is 10.3 Å². The van der Waals surface area contributed by atoms with E-state index >= 15 is 0 Å². The molecule has 8 heteroatoms. The highest BCUT2D eigenvalue weighted by atomic mass is 32.2. The first-order valence-electron chi connectivity index (χ1n) is 12.8. The van der Waals surface area contributed by atoms with Gasteiger partial charge in [-0.25, -0.2) is 9.07 Å². The number of hydrogen-bond acceptors (Lipinski definition) is 6. The van der Waals surface area contributed by atoms with Crippen molar-refractivity contribution in [2.24, 2.45) is 0 Å². The number of aryl methyl sites for hydroxylation is 3. The molecule has 1 aliphatic heterocycles. The second-order valence-corrected chi connectivity index (χ2v) is 10.8. The number of carbonyl (C=O) groups excluding carboxylic acids is 1. The van der Waals surface area contributed by atoms with Gasteiger partial charge in [-0.15, -0.1) is 5.10 Å². The van der Waals surface area contributed by atoms with Gasteiger partial charge in [-0.05, 0) is 86.2 Å². The van der Waals surface area contributed by atoms with Crippen LogP contribution in [0.3, 0.4) is 0 Å². The van der Waals surface area contributed by atoms with Crippen molar-refractivity contribution in [3.8, 4) is 5.75 Å². The second kappa shape index (κ2) is 11.1. The van der Waals surface area contributed by atoms with Crippen molar-refractivity contribution in [3.63, 3.8) is 0 Å². The molecule has 1 aliphatic rings. The van der Waals surface area contributed by atoms with Gasteiger partial charge >= 0.3 is 0 Å². The lowest BCUT2D eigenvalue weighted by Crippen LogP contribution is -2.27. The van der Waals surface area contributed by atoms with Gasteiger partial charge in [0.15, 0.2) is 5.78 Å². The summed E-state index contributed by atoms with van der Waals surface area (Å²) in [6.07, 6.45) is 0. The number of nitrogens with zero attached hydrogens (tertiary/aromatic N) is 3. The van der Waals surface area contributed by atoms with Crippen molar-refractivity contribution in [2.75, 3.05) is 5.32 Å². The second-order valence-electron chi connectivity index (χ2n) is 9.89. The van der Waals surface area contributed by atoms with Crippen molar-refractivity contribution >= 4 is 23.5 Å². The summed E-state index contributed by atoms with van der Waals surface area (Å²) >= 11 is 1.35. The van der Waals surface area contributed by atoms with Crippen LogP contribution in [0.5, 0.6) is 5.75 Å². The molecule has 5 rings (SSSR count). The van der Waals surface area contributed by atoms with Crippen LogP contribution in [-0.2, 0) is 17.2 Å². The average Bonchev–Trinajstić information content (AvgIpc) is 3.31. The number of carbonyl (C=O) groups is 1. The number of Topliss-reactive ketones (excluding diaryl/α,β-unsaturated/α-hetero) is 1. The van der Waals surface area contributed by atoms with Crippen molar-refractivity contribution < 1.29 is 13.9 Å². The standard InChI is InChI=1S/C31H31FN4O2S/c1-18-14-20(3)25(15-19(18)2)16-38-26-12-10-23(11-13-26)29-28(22(5)37)21(4)33-30-34-31(35-36(29)30)39-17-24-8-6-7-9-27(24)32/h6-15,29H,16-17H2,1-5H3,(H,33,34,35). The number of halogens is 1. The number of anilines is 1. The van der Waals surface area contributed by atoms with E-state index in [9.17, 15) is 9.18 Å². The Balaban J connectivity index is 1.38. The van der Waals surface area contributed by atoms with Crippen LogP contribution in [0.1, 0.15) is 53.3 Å². The number of thioether (sulfide) groups is 1. The minimum absolute atomic E-state index is 0.0442. The maximum atomic E-state index is 14.1. The number of ether oxygens (including phenoxy) is 1. The van der Waals surface area contributed by atoms with Gasteiger partial charge in [-0.2, -0.15) is 4.98 Å². The molecule has 0 amide bonds. The molecule has 0 spiro atoms. The largest absolute Gasteiger partial charge is 0.489 e. The molecule has 200 valence electrons. The molecule has 3 aromatic carbocycles. The number of ketones is 1. The van der Waals surface area contributed by atoms with Gasteiger partial charge in [0.05, 0.1) is 0 Å². The van der Waals surface area contributed by atoms with Crippen molar-refractivity contribution in [2.45, 2.75) is 58.2 Å². The van der Waals surface area contributed by atoms with Crippen molar-refractivity contribution in [1.29, 1.82) is 0 Å². The molecule has 0 bridgehead atoms. The van der Waals surface area contributed by atoms with Crippen molar-refractivity contribution in [3.05, 3.63) is 111 Å². The first-order chi connectivity index (χ1) is 18.7. The summed E-state index contributed by atoms with van der Waals surface area (Å²) in [6, 6.07) is 18.4. The number of fused-ring (bicyclic) bond motifs is 1. The lowest BCUT2D eigenvalue weighted by molar-refractivity contribution is -0.114. The molecule has 0 fully saturated rings. The van der Waals surface area contributed by atoms with Gasteiger partial charge in [-0.3, -0.25) is 4.79 Å². The lowest BCUT2D eigenvalue weighted by Gasteiger charge is -2.28. The highest BCUT2D eigenvalue weighted by Crippen LogP contribution is 2.37. The fourth-order valence-corrected chi connectivity index (χ4v) is 5.61. The van der Waals surface area contributed by atoms with Crippen LogP contribution in [-0.4, -0.2) is 20.5 Å². The van der Waals surface area contributed by atoms with Crippen LogP contribution in [0.25, 0.3) is 0 Å². The van der Waals surface area contributed by atoms with Crippen LogP contribution in [0, 0.1) is 26.6 Å². The zero-order chi connectivity index (χ0) is 27.7. The zero-order valence-electron chi connectivity index (χ0n) is 22.7. The van der Waals surface area contributed by atoms with Gasteiger partial charge in [0.1, 0.15) is 24.2 Å². The number of allylic oxidation sites excluding steroid dienone is 2. The molecule has 1 unspecified atom stereocenters. The Bertz CT molecular complexity index is 1580. The number of benzene rings is 3. The maximum absolute atomic E-state index is 14.1. The molecule has 4 aromatic rings. The van der Waals surface area contributed by atoms with Crippen LogP contribution in [0.15, 0.2) is 77.1 Å². The number of aromatic nitrogens is 3. The molecule has 1 aromatic heterocycles. The third-order valence-corrected chi connectivity index (χ3v) is 7.96. The van der Waals surface area contributed by atoms with E-state index in [-0.39, 0.29) is 11.6 Å². The monoisotopic (exact) mass is 542 g/mol. The first-order valence-corrected chi connectivity index (χ1v) is 13.8. The number of rotatable bonds is 8. The topological polar surface area (TPSA) is 69.0 Å². The predicted molar refractivity (Wildman–Crippen MR) is 153 cm³/mol. The summed E-state index contributed by atoms with van der Waals surface area (Å²) in [5, 5.41) is 8.44. The van der Waals surface area contributed by atoms with E-state index in [2.05, 4.69) is 43.2 Å². The van der Waals surface area contributed by atoms with E-state index in [1.54, 1.807) is 23.7 Å². The van der Waals surface area contributed by atoms with Gasteiger partial charge in [0.2, 0.25) is 11.1 Å². The van der Waals surface area contributed by atoms with Crippen LogP contribution >= 0.6 is 11.8 Å². The highest BCUT2D eigenvalue weighted by Gasteiger charge is 2.32. The fourth-order valence-electron chi connectivity index (χ4n) is 4.80. The predicted octanol–water partition coefficient (Wildman–Crippen LogP) is 7.09. The molecule has 1 N–H and O–H groups in total. The third kappa shape index (κ3) is 5.61. The molecule has 6 nitrogen and oxygen atoms in total. The zero-order valence-corrected chi connectivity index (χ0v) is 23.5. The number of hydrogen-bond donors (Lipinski definition) is 1. The Morgan fingerprint density at radius 1 is 1.00 bits per heavy atom. The minimum Gasteiger partial charge on any atom is -0.489 e. The van der Waals surface area contributed by atoms with E-state index in [0.29, 0.717) is 34.6 Å². The third-order valence-electron chi connectivity index (χ3n) is 7.07. The lowest BCUT2D eigenvalue weighted by atomic mass is 9.93. The van der Waals surface area contributed by atoms with Crippen molar-refractivity contribution in [1.82, 2.24) is 14.8 Å². The summed E-state index contributed by atoms with van der Waals surface area (Å²) < 4.78 is 21.9. The number of nitrogens with one attached hydrogen (secondary N) is 1. The molecule has 0 saturated heterocycles. The highest BCUT2D eigenvalue weighted by molar-refractivity contribution is 7.98. The Kier molecular flexibility index (Phi) is 7.57. The van der Waals surface area contributed by atoms with E-state index < -0.39 is 6.04 Å². The molecular weight excluding hydrogens is 511 g/mol. The molecule has 0 saturated carbocycles. The minimum atomic E-state index is -0.440. The Hall–Kier alpha value is -3.91. The van der Waals surface area contributed by atoms with Gasteiger partial charge in [-0.1, -0.05) is 54.2 Å². The Morgan fingerprint density at radius 3 is 2.44 bits per heavy atom. The Labute approximate surface area is 232 Å². The SMILES string of the molecule is CC(=O)C1=C(C)Nc2nc(SCc3ccccc3F)nn2C1c1ccc(OCc2cc(C)c(C)cc2C)cc1. The molecule has 39 heavy (non-hydrogen) atoms. The molecule has 0 aliphatic carbocycles. The quantitative estimate of drug-likeness (QED) is 0.240. The normalized spacial score (nSPS) is 14.7. The van der Waals surface area contributed by atoms with Crippen LogP contribution in [0.2, 0.25) is 0 Å². The Morgan fingerprint density at radius 2 is 1.72 bits per heavy atom. The maximum Gasteiger partial charge on any atom is 0.227 e. The molecule has 2 heterocycles. The van der Waals surface area contributed by atoms with Gasteiger partial charge in [0.25, 0.3) is 0 Å². The first kappa shape index (κ1) is 26.7. The fraction of sp³-hybridized carbons (Fsp3) is 0.258. The summed E-state index contributed by atoms with van der Waals surface area (Å²) in [5.41, 5.74) is 7.73. The summed E-state index contributed by atoms with van der Waals surface area (Å²) in [4.78, 5) is 17.4. The molecular formula is C31H31FN4O2S.